The van der Waals surface area contributed by atoms with Crippen molar-refractivity contribution in [1.29, 1.82) is 0 Å². The van der Waals surface area contributed by atoms with E-state index in [4.69, 9.17) is 23.2 Å². The number of nitrogens with zero attached hydrogens (tertiary/aromatic N) is 4. The van der Waals surface area contributed by atoms with Crippen molar-refractivity contribution in [3.63, 3.8) is 0 Å². The fourth-order valence-corrected chi connectivity index (χ4v) is 3.82. The molecule has 8 heteroatoms. The average Bonchev–Trinajstić information content (AvgIpc) is 3.18. The van der Waals surface area contributed by atoms with Gasteiger partial charge in [0, 0.05) is 42.6 Å². The van der Waals surface area contributed by atoms with Crippen molar-refractivity contribution in [2.24, 2.45) is 4.99 Å². The maximum atomic E-state index is 6.23. The molecule has 1 aromatic carbocycles. The minimum absolute atomic E-state index is 0.457. The third-order valence-electron chi connectivity index (χ3n) is 4.75. The van der Waals surface area contributed by atoms with Crippen molar-refractivity contribution in [2.45, 2.75) is 31.6 Å². The van der Waals surface area contributed by atoms with Gasteiger partial charge in [0.2, 0.25) is 0 Å². The Labute approximate surface area is 164 Å². The Hall–Kier alpha value is -1.79. The third-order valence-corrected chi connectivity index (χ3v) is 5.33. The number of H-pyrrole nitrogens is 1. The van der Waals surface area contributed by atoms with Crippen molar-refractivity contribution < 1.29 is 0 Å². The fraction of sp³-hybridized carbons (Fsp3) is 0.500. The Balaban J connectivity index is 1.42. The van der Waals surface area contributed by atoms with Crippen LogP contribution in [-0.4, -0.2) is 52.7 Å². The normalized spacial score (nSPS) is 16.1. The van der Waals surface area contributed by atoms with Gasteiger partial charge in [-0.05, 0) is 43.4 Å². The Morgan fingerprint density at radius 2 is 2.15 bits per heavy atom. The predicted octanol–water partition coefficient (Wildman–Crippen LogP) is 3.50. The number of aliphatic imine (C=N–C) groups is 1. The highest BCUT2D eigenvalue weighted by atomic mass is 35.5. The molecule has 1 aliphatic heterocycles. The number of aryl methyl sites for hydroxylation is 1. The molecular weight excluding hydrogens is 371 g/mol. The van der Waals surface area contributed by atoms with E-state index in [-0.39, 0.29) is 0 Å². The lowest BCUT2D eigenvalue weighted by atomic mass is 9.96. The van der Waals surface area contributed by atoms with Crippen LogP contribution in [0.25, 0.3) is 0 Å². The van der Waals surface area contributed by atoms with Crippen molar-refractivity contribution >= 4 is 29.2 Å². The van der Waals surface area contributed by atoms with Crippen molar-refractivity contribution in [1.82, 2.24) is 25.4 Å². The zero-order chi connectivity index (χ0) is 18.4. The second kappa shape index (κ2) is 9.24. The zero-order valence-electron chi connectivity index (χ0n) is 14.9. The van der Waals surface area contributed by atoms with Crippen LogP contribution in [0.1, 0.15) is 36.6 Å². The van der Waals surface area contributed by atoms with Crippen LogP contribution in [0.2, 0.25) is 10.0 Å². The molecule has 2 heterocycles. The van der Waals surface area contributed by atoms with Crippen molar-refractivity contribution in [3.05, 3.63) is 46.0 Å². The molecule has 0 radical (unpaired) electrons. The number of hydrogen-bond donors (Lipinski definition) is 2. The first kappa shape index (κ1) is 19.0. The lowest BCUT2D eigenvalue weighted by molar-refractivity contribution is 0.299. The summed E-state index contributed by atoms with van der Waals surface area (Å²) in [5, 5.41) is 11.8. The summed E-state index contributed by atoms with van der Waals surface area (Å²) in [6.07, 6.45) is 5.57. The van der Waals surface area contributed by atoms with Crippen LogP contribution < -0.4 is 5.32 Å². The number of piperidine rings is 1. The molecule has 0 amide bonds. The predicted molar refractivity (Wildman–Crippen MR) is 106 cm³/mol. The molecule has 3 rings (SSSR count). The maximum absolute atomic E-state index is 6.23. The molecule has 6 nitrogen and oxygen atoms in total. The van der Waals surface area contributed by atoms with Crippen LogP contribution in [0, 0.1) is 0 Å². The number of aromatic amines is 1. The molecule has 1 aromatic heterocycles. The molecule has 0 spiro atoms. The van der Waals surface area contributed by atoms with E-state index in [0.29, 0.717) is 10.9 Å². The number of hydrogen-bond acceptors (Lipinski definition) is 3. The molecule has 1 aliphatic rings. The highest BCUT2D eigenvalue weighted by molar-refractivity contribution is 6.35. The number of likely N-dealkylation sites (tertiary alicyclic amines) is 1. The summed E-state index contributed by atoms with van der Waals surface area (Å²) >= 11 is 12.2. The fourth-order valence-electron chi connectivity index (χ4n) is 3.31. The van der Waals surface area contributed by atoms with E-state index in [1.807, 2.05) is 19.2 Å². The minimum Gasteiger partial charge on any atom is -0.356 e. The Bertz CT molecular complexity index is 723. The SMILES string of the molecule is CN=C(NCCCc1ccc(Cl)cc1Cl)N1CCC(c2ncn[nH]2)CC1. The number of nitrogens with one attached hydrogen (secondary N) is 2. The smallest absolute Gasteiger partial charge is 0.193 e. The summed E-state index contributed by atoms with van der Waals surface area (Å²) in [6, 6.07) is 5.67. The van der Waals surface area contributed by atoms with Gasteiger partial charge in [-0.25, -0.2) is 4.98 Å². The van der Waals surface area contributed by atoms with Gasteiger partial charge in [-0.3, -0.25) is 10.1 Å². The monoisotopic (exact) mass is 394 g/mol. The molecule has 0 saturated carbocycles. The van der Waals surface area contributed by atoms with Crippen LogP contribution in [0.3, 0.4) is 0 Å². The number of halogens is 2. The third kappa shape index (κ3) is 4.89. The molecule has 0 aliphatic carbocycles. The zero-order valence-corrected chi connectivity index (χ0v) is 16.4. The molecule has 0 unspecified atom stereocenters. The van der Waals surface area contributed by atoms with E-state index < -0.39 is 0 Å². The first-order valence-electron chi connectivity index (χ1n) is 8.92. The first-order valence-corrected chi connectivity index (χ1v) is 9.67. The molecule has 140 valence electrons. The molecule has 0 bridgehead atoms. The van der Waals surface area contributed by atoms with Crippen LogP contribution in [0.5, 0.6) is 0 Å². The number of aromatic nitrogens is 3. The van der Waals surface area contributed by atoms with Crippen LogP contribution in [0.15, 0.2) is 29.5 Å². The Morgan fingerprint density at radius 3 is 2.81 bits per heavy atom. The van der Waals surface area contributed by atoms with Gasteiger partial charge < -0.3 is 10.2 Å². The summed E-state index contributed by atoms with van der Waals surface area (Å²) in [6.45, 7) is 2.79. The highest BCUT2D eigenvalue weighted by Gasteiger charge is 2.24. The summed E-state index contributed by atoms with van der Waals surface area (Å²) in [7, 11) is 1.83. The van der Waals surface area contributed by atoms with Gasteiger partial charge in [-0.15, -0.1) is 0 Å². The summed E-state index contributed by atoms with van der Waals surface area (Å²) < 4.78 is 0. The van der Waals surface area contributed by atoms with Crippen LogP contribution >= 0.6 is 23.2 Å². The summed E-state index contributed by atoms with van der Waals surface area (Å²) in [4.78, 5) is 11.0. The maximum Gasteiger partial charge on any atom is 0.193 e. The first-order chi connectivity index (χ1) is 12.7. The summed E-state index contributed by atoms with van der Waals surface area (Å²) in [5.41, 5.74) is 1.13. The van der Waals surface area contributed by atoms with E-state index in [9.17, 15) is 0 Å². The lowest BCUT2D eigenvalue weighted by Crippen LogP contribution is -2.45. The molecule has 1 saturated heterocycles. The Morgan fingerprint density at radius 1 is 1.35 bits per heavy atom. The highest BCUT2D eigenvalue weighted by Crippen LogP contribution is 2.25. The topological polar surface area (TPSA) is 69.2 Å². The van der Waals surface area contributed by atoms with Gasteiger partial charge >= 0.3 is 0 Å². The summed E-state index contributed by atoms with van der Waals surface area (Å²) in [5.74, 6) is 2.41. The number of rotatable bonds is 5. The second-order valence-electron chi connectivity index (χ2n) is 6.45. The van der Waals surface area contributed by atoms with E-state index in [0.717, 1.165) is 67.7 Å². The van der Waals surface area contributed by atoms with Gasteiger partial charge in [0.15, 0.2) is 5.96 Å². The van der Waals surface area contributed by atoms with E-state index in [1.54, 1.807) is 12.4 Å². The van der Waals surface area contributed by atoms with Crippen LogP contribution in [-0.2, 0) is 6.42 Å². The Kier molecular flexibility index (Phi) is 6.74. The molecular formula is C18H24Cl2N6. The lowest BCUT2D eigenvalue weighted by Gasteiger charge is -2.33. The molecule has 1 fully saturated rings. The van der Waals surface area contributed by atoms with Crippen molar-refractivity contribution in [2.75, 3.05) is 26.7 Å². The van der Waals surface area contributed by atoms with Gasteiger partial charge in [0.1, 0.15) is 12.2 Å². The van der Waals surface area contributed by atoms with E-state index >= 15 is 0 Å². The van der Waals surface area contributed by atoms with Gasteiger partial charge in [0.25, 0.3) is 0 Å². The van der Waals surface area contributed by atoms with Gasteiger partial charge in [0.05, 0.1) is 0 Å². The van der Waals surface area contributed by atoms with E-state index in [2.05, 4.69) is 30.4 Å². The number of guanidine groups is 1. The van der Waals surface area contributed by atoms with E-state index in [1.165, 1.54) is 0 Å². The average molecular weight is 395 g/mol. The van der Waals surface area contributed by atoms with Gasteiger partial charge in [-0.2, -0.15) is 5.10 Å². The molecule has 26 heavy (non-hydrogen) atoms. The minimum atomic E-state index is 0.457. The molecule has 2 N–H and O–H groups in total. The van der Waals surface area contributed by atoms with Crippen molar-refractivity contribution in [3.8, 4) is 0 Å². The molecule has 2 aromatic rings. The van der Waals surface area contributed by atoms with Gasteiger partial charge in [-0.1, -0.05) is 29.3 Å². The quantitative estimate of drug-likeness (QED) is 0.462. The molecule has 0 atom stereocenters. The second-order valence-corrected chi connectivity index (χ2v) is 7.29. The largest absolute Gasteiger partial charge is 0.356 e. The number of benzene rings is 1. The van der Waals surface area contributed by atoms with Crippen LogP contribution in [0.4, 0.5) is 0 Å². The standard InChI is InChI=1S/C18H24Cl2N6/c1-21-18(22-8-2-3-13-4-5-15(19)11-16(13)20)26-9-6-14(7-10-26)17-23-12-24-25-17/h4-5,11-12,14H,2-3,6-10H2,1H3,(H,21,22)(H,23,24,25).